The lowest BCUT2D eigenvalue weighted by Gasteiger charge is -2.26. The second kappa shape index (κ2) is 15.9. The van der Waals surface area contributed by atoms with Crippen molar-refractivity contribution in [3.63, 3.8) is 0 Å². The number of para-hydroxylation sites is 1. The van der Waals surface area contributed by atoms with E-state index in [1.165, 1.54) is 31.2 Å². The van der Waals surface area contributed by atoms with Crippen molar-refractivity contribution in [2.45, 2.75) is 51.9 Å². The van der Waals surface area contributed by atoms with E-state index in [9.17, 15) is 28.5 Å². The maximum atomic E-state index is 14.2. The lowest BCUT2D eigenvalue weighted by atomic mass is 9.94. The van der Waals surface area contributed by atoms with Gasteiger partial charge >= 0.3 is 7.82 Å². The number of carbonyl (C=O) groups excluding carboxylic acids is 5. The van der Waals surface area contributed by atoms with Crippen molar-refractivity contribution in [1.29, 1.82) is 0 Å². The van der Waals surface area contributed by atoms with Crippen LogP contribution in [-0.4, -0.2) is 69.6 Å². The summed E-state index contributed by atoms with van der Waals surface area (Å²) in [7, 11) is -4.79. The second-order valence-electron chi connectivity index (χ2n) is 11.6. The molecule has 1 aliphatic heterocycles. The van der Waals surface area contributed by atoms with Gasteiger partial charge in [0.2, 0.25) is 29.5 Å². The number of amides is 3. The Bertz CT molecular complexity index is 1790. The van der Waals surface area contributed by atoms with E-state index in [0.29, 0.717) is 34.5 Å². The monoisotopic (exact) mass is 691 g/mol. The summed E-state index contributed by atoms with van der Waals surface area (Å²) in [6.45, 7) is 4.16. The van der Waals surface area contributed by atoms with Gasteiger partial charge in [-0.25, -0.2) is 9.56 Å². The molecule has 1 heterocycles. The van der Waals surface area contributed by atoms with Crippen LogP contribution in [0.5, 0.6) is 5.75 Å². The highest BCUT2D eigenvalue weighted by atomic mass is 31.2. The Hall–Kier alpha value is -5.01. The average molecular weight is 692 g/mol. The van der Waals surface area contributed by atoms with E-state index in [1.807, 2.05) is 6.92 Å². The molecule has 49 heavy (non-hydrogen) atoms. The van der Waals surface area contributed by atoms with Crippen molar-refractivity contribution in [2.75, 3.05) is 11.4 Å². The predicted octanol–water partition coefficient (Wildman–Crippen LogP) is 2.04. The first-order valence-electron chi connectivity index (χ1n) is 15.5. The van der Waals surface area contributed by atoms with Gasteiger partial charge in [0.25, 0.3) is 5.91 Å². The number of nitrogens with zero attached hydrogens (tertiary/aromatic N) is 2. The number of hydrogen-bond acceptors (Lipinski definition) is 9. The molecule has 0 aliphatic carbocycles. The van der Waals surface area contributed by atoms with Crippen molar-refractivity contribution in [3.8, 4) is 5.75 Å². The molecule has 0 aromatic heterocycles. The van der Waals surface area contributed by atoms with Crippen molar-refractivity contribution in [1.82, 2.24) is 10.6 Å². The van der Waals surface area contributed by atoms with Gasteiger partial charge in [-0.05, 0) is 29.7 Å². The second-order valence-corrected chi connectivity index (χ2v) is 12.7. The number of rotatable bonds is 14. The summed E-state index contributed by atoms with van der Waals surface area (Å²) in [6.07, 6.45) is -1.10. The van der Waals surface area contributed by atoms with E-state index in [2.05, 4.69) is 20.1 Å². The van der Waals surface area contributed by atoms with Crippen LogP contribution in [0.4, 0.5) is 5.69 Å². The van der Waals surface area contributed by atoms with Gasteiger partial charge in [0.15, 0.2) is 0 Å². The highest BCUT2D eigenvalue weighted by Gasteiger charge is 2.37. The number of phosphoric ester groups is 1. The zero-order valence-corrected chi connectivity index (χ0v) is 28.0. The first kappa shape index (κ1) is 36.8. The minimum Gasteiger partial charge on any atom is -0.404 e. The van der Waals surface area contributed by atoms with Crippen LogP contribution in [0.3, 0.4) is 0 Å². The standard InChI is InChI=1S/C34H38N5O9P/c1-4-20(2)29(35)31(42)28(41)19-39-27-13-9-8-12-25(27)30(23-10-6-5-7-11-23)37-32(34(39)44)38-33(43)26(36-21(3)40)18-22-14-16-24(17-15-22)48-49(45,46)47/h5-17,20,26,29,32H,4,18-19,35H2,1-3H3,(H,36,40)(H,38,43)(H2,45,46,47)/t20-,26-,29-,32-/m0/s1. The molecule has 1 aliphatic rings. The number of Topliss-reactive ketones (excluding diaryl/α,β-unsaturated/α-hetero) is 2. The molecule has 0 unspecified atom stereocenters. The van der Waals surface area contributed by atoms with Crippen LogP contribution in [-0.2, 0) is 35.0 Å². The van der Waals surface area contributed by atoms with Crippen LogP contribution < -0.4 is 25.8 Å². The zero-order valence-electron chi connectivity index (χ0n) is 27.1. The molecule has 4 atom stereocenters. The maximum absolute atomic E-state index is 14.2. The van der Waals surface area contributed by atoms with Gasteiger partial charge in [-0.2, -0.15) is 0 Å². The van der Waals surface area contributed by atoms with Crippen LogP contribution in [0.2, 0.25) is 0 Å². The molecule has 14 nitrogen and oxygen atoms in total. The number of carbonyl (C=O) groups is 5. The van der Waals surface area contributed by atoms with Crippen molar-refractivity contribution >= 4 is 48.5 Å². The molecule has 3 aromatic carbocycles. The van der Waals surface area contributed by atoms with E-state index in [-0.39, 0.29) is 18.1 Å². The Morgan fingerprint density at radius 1 is 1.00 bits per heavy atom. The third-order valence-electron chi connectivity index (χ3n) is 7.95. The smallest absolute Gasteiger partial charge is 0.404 e. The molecule has 0 spiro atoms. The summed E-state index contributed by atoms with van der Waals surface area (Å²) < 4.78 is 15.7. The Kier molecular flexibility index (Phi) is 12.0. The number of nitrogens with one attached hydrogen (secondary N) is 2. The normalized spacial score (nSPS) is 16.3. The molecule has 258 valence electrons. The fraction of sp³-hybridized carbons (Fsp3) is 0.294. The van der Waals surface area contributed by atoms with Crippen molar-refractivity contribution < 1.29 is 42.8 Å². The van der Waals surface area contributed by atoms with E-state index < -0.39 is 61.9 Å². The molecular formula is C34H38N5O9P. The number of fused-ring (bicyclic) bond motifs is 1. The number of anilines is 1. The molecule has 3 aromatic rings. The van der Waals surface area contributed by atoms with Crippen LogP contribution in [0.15, 0.2) is 83.9 Å². The van der Waals surface area contributed by atoms with Gasteiger partial charge in [0.1, 0.15) is 11.8 Å². The Labute approximate surface area is 283 Å². The topological polar surface area (TPSA) is 218 Å². The summed E-state index contributed by atoms with van der Waals surface area (Å²) in [5, 5.41) is 5.17. The van der Waals surface area contributed by atoms with E-state index in [4.69, 9.17) is 15.5 Å². The van der Waals surface area contributed by atoms with E-state index in [0.717, 1.165) is 4.90 Å². The first-order valence-corrected chi connectivity index (χ1v) is 17.0. The fourth-order valence-corrected chi connectivity index (χ4v) is 5.58. The Morgan fingerprint density at radius 2 is 1.63 bits per heavy atom. The van der Waals surface area contributed by atoms with Crippen LogP contribution in [0.1, 0.15) is 43.9 Å². The number of ketones is 2. The molecule has 0 saturated carbocycles. The predicted molar refractivity (Wildman–Crippen MR) is 181 cm³/mol. The number of benzene rings is 3. The lowest BCUT2D eigenvalue weighted by Crippen LogP contribution is -2.55. The molecule has 15 heteroatoms. The molecule has 6 N–H and O–H groups in total. The summed E-state index contributed by atoms with van der Waals surface area (Å²) in [6, 6.07) is 18.9. The lowest BCUT2D eigenvalue weighted by molar-refractivity contribution is -0.137. The largest absolute Gasteiger partial charge is 0.524 e. The van der Waals surface area contributed by atoms with Crippen LogP contribution in [0.25, 0.3) is 0 Å². The van der Waals surface area contributed by atoms with E-state index in [1.54, 1.807) is 61.5 Å². The first-order chi connectivity index (χ1) is 23.2. The van der Waals surface area contributed by atoms with Gasteiger partial charge in [-0.15, -0.1) is 0 Å². The quantitative estimate of drug-likeness (QED) is 0.122. The minimum atomic E-state index is -4.79. The Morgan fingerprint density at radius 3 is 2.24 bits per heavy atom. The molecule has 3 amide bonds. The zero-order chi connectivity index (χ0) is 35.9. The van der Waals surface area contributed by atoms with Crippen LogP contribution >= 0.6 is 7.82 Å². The minimum absolute atomic E-state index is 0.0812. The fourth-order valence-electron chi connectivity index (χ4n) is 5.18. The number of phosphoric acid groups is 1. The summed E-state index contributed by atoms with van der Waals surface area (Å²) in [4.78, 5) is 90.4. The highest BCUT2D eigenvalue weighted by molar-refractivity contribution is 7.46. The van der Waals surface area contributed by atoms with Gasteiger partial charge in [-0.3, -0.25) is 33.8 Å². The van der Waals surface area contributed by atoms with E-state index >= 15 is 0 Å². The average Bonchev–Trinajstić information content (AvgIpc) is 3.18. The number of nitrogens with two attached hydrogens (primary N) is 1. The molecule has 0 saturated heterocycles. The van der Waals surface area contributed by atoms with Gasteiger partial charge in [0, 0.05) is 24.5 Å². The SMILES string of the molecule is CC[C@H](C)[C@H](N)C(=O)C(=O)CN1C(=O)[C@H](NC(=O)[C@H](Cc2ccc(OP(=O)(O)O)cc2)NC(C)=O)N=C(c2ccccc2)c2ccccc21. The number of hydrogen-bond donors (Lipinski definition) is 5. The molecule has 0 bridgehead atoms. The molecular weight excluding hydrogens is 653 g/mol. The third kappa shape index (κ3) is 9.55. The van der Waals surface area contributed by atoms with Gasteiger partial charge in [0.05, 0.1) is 24.0 Å². The third-order valence-corrected chi connectivity index (χ3v) is 8.40. The van der Waals surface area contributed by atoms with Crippen molar-refractivity contribution in [2.24, 2.45) is 16.6 Å². The molecule has 4 rings (SSSR count). The molecule has 0 radical (unpaired) electrons. The number of benzodiazepines with no additional fused rings is 1. The van der Waals surface area contributed by atoms with Gasteiger partial charge in [-0.1, -0.05) is 80.9 Å². The maximum Gasteiger partial charge on any atom is 0.524 e. The summed E-state index contributed by atoms with van der Waals surface area (Å²) in [5.74, 6) is -4.22. The van der Waals surface area contributed by atoms with Crippen molar-refractivity contribution in [3.05, 3.63) is 95.6 Å². The summed E-state index contributed by atoms with van der Waals surface area (Å²) >= 11 is 0. The van der Waals surface area contributed by atoms with Gasteiger partial charge < -0.3 is 25.8 Å². The Balaban J connectivity index is 1.70. The highest BCUT2D eigenvalue weighted by Crippen LogP contribution is 2.37. The van der Waals surface area contributed by atoms with Crippen LogP contribution in [0, 0.1) is 5.92 Å². The molecule has 0 fully saturated rings. The summed E-state index contributed by atoms with van der Waals surface area (Å²) in [5.41, 5.74) is 8.28. The number of aliphatic imine (C=N–C) groups is 1.